The molecule has 2 unspecified atom stereocenters. The molecule has 2 rings (SSSR count). The number of rotatable bonds is 3. The van der Waals surface area contributed by atoms with Gasteiger partial charge >= 0.3 is 0 Å². The standard InChI is InChI=1S/C12H15Cl2NO/c1-7(16)6-15-11-3-2-8-4-9(13)5-10(14)12(8)11/h4-5,7,11,15-16H,2-3,6H2,1H3. The summed E-state index contributed by atoms with van der Waals surface area (Å²) in [5, 5.41) is 14.0. The smallest absolute Gasteiger partial charge is 0.0636 e. The second-order valence-electron chi connectivity index (χ2n) is 4.31. The third kappa shape index (κ3) is 2.51. The topological polar surface area (TPSA) is 32.3 Å². The van der Waals surface area contributed by atoms with Gasteiger partial charge in [-0.25, -0.2) is 0 Å². The first kappa shape index (κ1) is 12.2. The number of aliphatic hydroxyl groups excluding tert-OH is 1. The summed E-state index contributed by atoms with van der Waals surface area (Å²) in [6.45, 7) is 2.36. The number of aryl methyl sites for hydroxylation is 1. The molecule has 0 saturated heterocycles. The van der Waals surface area contributed by atoms with Crippen LogP contribution in [0.2, 0.25) is 10.0 Å². The summed E-state index contributed by atoms with van der Waals surface area (Å²) >= 11 is 12.2. The Morgan fingerprint density at radius 2 is 2.25 bits per heavy atom. The molecule has 4 heteroatoms. The summed E-state index contributed by atoms with van der Waals surface area (Å²) < 4.78 is 0. The first-order valence-corrected chi connectivity index (χ1v) is 6.23. The van der Waals surface area contributed by atoms with Crippen LogP contribution in [0.3, 0.4) is 0 Å². The summed E-state index contributed by atoms with van der Waals surface area (Å²) in [7, 11) is 0. The lowest BCUT2D eigenvalue weighted by Crippen LogP contribution is -2.27. The van der Waals surface area contributed by atoms with Crippen molar-refractivity contribution in [2.24, 2.45) is 0 Å². The highest BCUT2D eigenvalue weighted by atomic mass is 35.5. The zero-order valence-electron chi connectivity index (χ0n) is 9.13. The van der Waals surface area contributed by atoms with E-state index in [1.807, 2.05) is 6.07 Å². The number of halogens is 2. The van der Waals surface area contributed by atoms with Gasteiger partial charge in [-0.15, -0.1) is 0 Å². The van der Waals surface area contributed by atoms with E-state index < -0.39 is 0 Å². The number of hydrogen-bond donors (Lipinski definition) is 2. The molecule has 1 aromatic carbocycles. The highest BCUT2D eigenvalue weighted by Crippen LogP contribution is 2.38. The molecule has 0 fully saturated rings. The van der Waals surface area contributed by atoms with Crippen LogP contribution < -0.4 is 5.32 Å². The van der Waals surface area contributed by atoms with Crippen molar-refractivity contribution in [3.8, 4) is 0 Å². The first-order chi connectivity index (χ1) is 7.58. The fourth-order valence-corrected chi connectivity index (χ4v) is 2.86. The van der Waals surface area contributed by atoms with Gasteiger partial charge in [0.05, 0.1) is 6.10 Å². The van der Waals surface area contributed by atoms with Gasteiger partial charge in [-0.05, 0) is 43.0 Å². The SMILES string of the molecule is CC(O)CNC1CCc2cc(Cl)cc(Cl)c21. The van der Waals surface area contributed by atoms with Crippen LogP contribution in [0.1, 0.15) is 30.5 Å². The van der Waals surface area contributed by atoms with Gasteiger partial charge in [-0.3, -0.25) is 0 Å². The zero-order chi connectivity index (χ0) is 11.7. The second-order valence-corrected chi connectivity index (χ2v) is 5.15. The summed E-state index contributed by atoms with van der Waals surface area (Å²) in [6, 6.07) is 4.01. The van der Waals surface area contributed by atoms with Crippen molar-refractivity contribution < 1.29 is 5.11 Å². The molecule has 1 aromatic rings. The first-order valence-electron chi connectivity index (χ1n) is 5.47. The fourth-order valence-electron chi connectivity index (χ4n) is 2.20. The molecule has 0 aromatic heterocycles. The van der Waals surface area contributed by atoms with Crippen molar-refractivity contribution in [3.05, 3.63) is 33.3 Å². The third-order valence-electron chi connectivity index (χ3n) is 2.89. The maximum Gasteiger partial charge on any atom is 0.0636 e. The van der Waals surface area contributed by atoms with Crippen LogP contribution in [0.25, 0.3) is 0 Å². The molecule has 0 bridgehead atoms. The lowest BCUT2D eigenvalue weighted by molar-refractivity contribution is 0.186. The summed E-state index contributed by atoms with van der Waals surface area (Å²) in [6.07, 6.45) is 1.67. The molecule has 0 radical (unpaired) electrons. The number of hydrogen-bond acceptors (Lipinski definition) is 2. The van der Waals surface area contributed by atoms with E-state index in [2.05, 4.69) is 5.32 Å². The minimum absolute atomic E-state index is 0.245. The van der Waals surface area contributed by atoms with E-state index in [-0.39, 0.29) is 12.1 Å². The molecule has 0 spiro atoms. The predicted molar refractivity (Wildman–Crippen MR) is 67.2 cm³/mol. The van der Waals surface area contributed by atoms with E-state index >= 15 is 0 Å². The molecule has 2 nitrogen and oxygen atoms in total. The zero-order valence-corrected chi connectivity index (χ0v) is 10.6. The van der Waals surface area contributed by atoms with Crippen LogP contribution in [0.5, 0.6) is 0 Å². The monoisotopic (exact) mass is 259 g/mol. The van der Waals surface area contributed by atoms with Crippen molar-refractivity contribution in [2.45, 2.75) is 31.9 Å². The predicted octanol–water partition coefficient (Wildman–Crippen LogP) is 2.95. The van der Waals surface area contributed by atoms with Crippen LogP contribution in [0.15, 0.2) is 12.1 Å². The average Bonchev–Trinajstić information content (AvgIpc) is 2.57. The maximum absolute atomic E-state index is 9.26. The van der Waals surface area contributed by atoms with E-state index in [9.17, 15) is 5.11 Å². The van der Waals surface area contributed by atoms with E-state index in [1.54, 1.807) is 13.0 Å². The van der Waals surface area contributed by atoms with Gasteiger partial charge in [-0.1, -0.05) is 23.2 Å². The van der Waals surface area contributed by atoms with Crippen molar-refractivity contribution >= 4 is 23.2 Å². The van der Waals surface area contributed by atoms with Crippen LogP contribution in [-0.2, 0) is 6.42 Å². The van der Waals surface area contributed by atoms with E-state index in [0.29, 0.717) is 11.6 Å². The Hall–Kier alpha value is -0.280. The Balaban J connectivity index is 2.19. The van der Waals surface area contributed by atoms with Crippen molar-refractivity contribution in [2.75, 3.05) is 6.54 Å². The lowest BCUT2D eigenvalue weighted by Gasteiger charge is -2.16. The third-order valence-corrected chi connectivity index (χ3v) is 3.42. The molecule has 2 atom stereocenters. The Labute approximate surface area is 106 Å². The average molecular weight is 260 g/mol. The molecule has 0 heterocycles. The molecule has 1 aliphatic rings. The number of fused-ring (bicyclic) bond motifs is 1. The van der Waals surface area contributed by atoms with Crippen LogP contribution in [-0.4, -0.2) is 17.8 Å². The minimum Gasteiger partial charge on any atom is -0.392 e. The summed E-state index contributed by atoms with van der Waals surface area (Å²) in [4.78, 5) is 0. The Morgan fingerprint density at radius 3 is 2.94 bits per heavy atom. The van der Waals surface area contributed by atoms with Crippen molar-refractivity contribution in [1.29, 1.82) is 0 Å². The van der Waals surface area contributed by atoms with Gasteiger partial charge in [0.1, 0.15) is 0 Å². The summed E-state index contributed by atoms with van der Waals surface area (Å²) in [5.74, 6) is 0. The highest BCUT2D eigenvalue weighted by Gasteiger charge is 2.25. The fraction of sp³-hybridized carbons (Fsp3) is 0.500. The van der Waals surface area contributed by atoms with Crippen molar-refractivity contribution in [3.63, 3.8) is 0 Å². The lowest BCUT2D eigenvalue weighted by atomic mass is 10.1. The summed E-state index contributed by atoms with van der Waals surface area (Å²) in [5.41, 5.74) is 2.37. The van der Waals surface area contributed by atoms with Gasteiger partial charge in [0, 0.05) is 22.6 Å². The molecule has 88 valence electrons. The molecular formula is C12H15Cl2NO. The molecule has 0 saturated carbocycles. The maximum atomic E-state index is 9.26. The molecule has 16 heavy (non-hydrogen) atoms. The Morgan fingerprint density at radius 1 is 1.50 bits per heavy atom. The van der Waals surface area contributed by atoms with Gasteiger partial charge in [-0.2, -0.15) is 0 Å². The van der Waals surface area contributed by atoms with Gasteiger partial charge < -0.3 is 10.4 Å². The van der Waals surface area contributed by atoms with Crippen LogP contribution in [0, 0.1) is 0 Å². The normalized spacial score (nSPS) is 20.9. The van der Waals surface area contributed by atoms with Gasteiger partial charge in [0.15, 0.2) is 0 Å². The molecular weight excluding hydrogens is 245 g/mol. The quantitative estimate of drug-likeness (QED) is 0.875. The molecule has 2 N–H and O–H groups in total. The molecule has 0 aliphatic heterocycles. The largest absolute Gasteiger partial charge is 0.392 e. The van der Waals surface area contributed by atoms with Gasteiger partial charge in [0.2, 0.25) is 0 Å². The van der Waals surface area contributed by atoms with Gasteiger partial charge in [0.25, 0.3) is 0 Å². The van der Waals surface area contributed by atoms with Crippen LogP contribution in [0.4, 0.5) is 0 Å². The van der Waals surface area contributed by atoms with E-state index in [0.717, 1.165) is 23.4 Å². The highest BCUT2D eigenvalue weighted by molar-refractivity contribution is 6.35. The van der Waals surface area contributed by atoms with E-state index in [4.69, 9.17) is 23.2 Å². The molecule has 0 amide bonds. The van der Waals surface area contributed by atoms with Crippen molar-refractivity contribution in [1.82, 2.24) is 5.32 Å². The minimum atomic E-state index is -0.338. The molecule has 1 aliphatic carbocycles. The Bertz CT molecular complexity index is 393. The van der Waals surface area contributed by atoms with Crippen LogP contribution >= 0.6 is 23.2 Å². The number of benzene rings is 1. The second kappa shape index (κ2) is 4.92. The Kier molecular flexibility index (Phi) is 3.75. The number of nitrogens with one attached hydrogen (secondary N) is 1. The van der Waals surface area contributed by atoms with E-state index in [1.165, 1.54) is 5.56 Å². The number of aliphatic hydroxyl groups is 1.